The number of carbonyl (C=O) groups excluding carboxylic acids is 2. The van der Waals surface area contributed by atoms with Crippen molar-refractivity contribution in [1.29, 1.82) is 0 Å². The zero-order valence-corrected chi connectivity index (χ0v) is 29.2. The molecule has 0 amide bonds. The number of nitrogens with zero attached hydrogens (tertiary/aromatic N) is 4. The summed E-state index contributed by atoms with van der Waals surface area (Å²) in [6.45, 7) is -0.729. The molecule has 4 N–H and O–H groups in total. The molecule has 0 bridgehead atoms. The third-order valence-corrected chi connectivity index (χ3v) is 9.91. The molecule has 50 heavy (non-hydrogen) atoms. The van der Waals surface area contributed by atoms with Crippen molar-refractivity contribution in [3.05, 3.63) is 30.6 Å². The van der Waals surface area contributed by atoms with Crippen LogP contribution in [0.5, 0.6) is 5.75 Å². The predicted molar refractivity (Wildman–Crippen MR) is 174 cm³/mol. The molecule has 3 aromatic rings. The lowest BCUT2D eigenvalue weighted by molar-refractivity contribution is -0.376. The molecule has 18 nitrogen and oxygen atoms in total. The Bertz CT molecular complexity index is 1610. The fraction of sp³-hybridized carbons (Fsp3) is 0.567. The van der Waals surface area contributed by atoms with Crippen LogP contribution in [0.1, 0.15) is 58.3 Å². The maximum absolute atomic E-state index is 12.9. The van der Waals surface area contributed by atoms with E-state index in [4.69, 9.17) is 43.6 Å². The lowest BCUT2D eigenvalue weighted by Gasteiger charge is -2.34. The summed E-state index contributed by atoms with van der Waals surface area (Å²) in [4.78, 5) is 59.2. The van der Waals surface area contributed by atoms with Gasteiger partial charge in [-0.25, -0.2) is 19.6 Å². The van der Waals surface area contributed by atoms with Crippen molar-refractivity contribution in [1.82, 2.24) is 19.5 Å². The Morgan fingerprint density at radius 3 is 2.06 bits per heavy atom. The summed E-state index contributed by atoms with van der Waals surface area (Å²) >= 11 is 1.30. The summed E-state index contributed by atoms with van der Waals surface area (Å²) in [7, 11) is -3.98. The number of benzene rings is 1. The highest BCUT2D eigenvalue weighted by Gasteiger charge is 2.54. The molecule has 0 saturated heterocycles. The number of hydrogen-bond donors (Lipinski definition) is 3. The lowest BCUT2D eigenvalue weighted by atomic mass is 10.3. The van der Waals surface area contributed by atoms with Crippen LogP contribution in [0.4, 0.5) is 15.5 Å². The number of carbonyl (C=O) groups is 2. The molecular weight excluding hydrogens is 701 g/mol. The van der Waals surface area contributed by atoms with Crippen LogP contribution in [0, 0.1) is 0 Å². The minimum atomic E-state index is -5.55. The van der Waals surface area contributed by atoms with Gasteiger partial charge in [-0.15, -0.1) is 0 Å². The van der Waals surface area contributed by atoms with Gasteiger partial charge in [0.2, 0.25) is 19.5 Å². The number of rotatable bonds is 16. The Hall–Kier alpha value is -3.71. The van der Waals surface area contributed by atoms with Gasteiger partial charge in [-0.1, -0.05) is 11.8 Å². The summed E-state index contributed by atoms with van der Waals surface area (Å²) < 4.78 is 56.3. The van der Waals surface area contributed by atoms with Gasteiger partial charge in [0, 0.05) is 4.90 Å². The number of ether oxygens (including phenoxy) is 8. The second-order valence-electron chi connectivity index (χ2n) is 11.6. The number of aromatic nitrogens is 4. The molecular formula is C30H40N5O13PS. The molecule has 2 aliphatic carbocycles. The zero-order valence-electron chi connectivity index (χ0n) is 27.5. The van der Waals surface area contributed by atoms with Crippen LogP contribution in [0.3, 0.4) is 0 Å². The molecule has 2 fully saturated rings. The van der Waals surface area contributed by atoms with Crippen molar-refractivity contribution in [3.8, 4) is 5.75 Å². The van der Waals surface area contributed by atoms with E-state index in [1.807, 2.05) is 12.1 Å². The van der Waals surface area contributed by atoms with Gasteiger partial charge in [-0.2, -0.15) is 4.98 Å². The second kappa shape index (κ2) is 17.0. The van der Waals surface area contributed by atoms with Crippen LogP contribution in [-0.4, -0.2) is 86.3 Å². The number of hydrogen-bond acceptors (Lipinski definition) is 16. The monoisotopic (exact) mass is 741 g/mol. The first-order chi connectivity index (χ1) is 23.9. The normalized spacial score (nSPS) is 16.4. The van der Waals surface area contributed by atoms with Crippen molar-refractivity contribution >= 4 is 48.8 Å². The van der Waals surface area contributed by atoms with Crippen LogP contribution in [0.25, 0.3) is 11.2 Å². The molecule has 0 radical (unpaired) electrons. The molecule has 0 aliphatic heterocycles. The van der Waals surface area contributed by atoms with Crippen LogP contribution in [-0.2, 0) is 44.3 Å². The summed E-state index contributed by atoms with van der Waals surface area (Å²) in [6.07, 6.45) is 3.70. The summed E-state index contributed by atoms with van der Waals surface area (Å²) in [5.74, 6) is 0.647. The first kappa shape index (κ1) is 37.5. The highest BCUT2D eigenvalue weighted by molar-refractivity contribution is 7.99. The fourth-order valence-corrected chi connectivity index (χ4v) is 7.10. The fourth-order valence-electron chi connectivity index (χ4n) is 5.47. The van der Waals surface area contributed by atoms with Crippen LogP contribution in [0.15, 0.2) is 40.5 Å². The highest BCUT2D eigenvalue weighted by Crippen LogP contribution is 2.53. The van der Waals surface area contributed by atoms with Gasteiger partial charge in [-0.3, -0.25) is 14.0 Å². The minimum absolute atomic E-state index is 0.0386. The smallest absolute Gasteiger partial charge is 0.497 e. The standard InChI is InChI=1S/C30H40N5O13PS/c1-19(15-35-16-32-24-25(35)33-27(31)34-26(24)50-23-13-11-20(41-2)12-14-23)48-30(49(38,39)40,44-17-42-28(36)46-21-7-3-4-8-21)45-18-43-29(37)47-22-9-5-6-10-22/h11-14,16,19,21-22H,3-10,15,17-18H2,1-2H3,(H2,31,33,34)(H2,38,39,40). The maximum atomic E-state index is 12.9. The third kappa shape index (κ3) is 9.96. The van der Waals surface area contributed by atoms with Crippen molar-refractivity contribution in [2.24, 2.45) is 0 Å². The Morgan fingerprint density at radius 1 is 0.980 bits per heavy atom. The third-order valence-electron chi connectivity index (χ3n) is 7.85. The van der Waals surface area contributed by atoms with Gasteiger partial charge < -0.3 is 48.5 Å². The van der Waals surface area contributed by atoms with E-state index >= 15 is 0 Å². The molecule has 2 heterocycles. The van der Waals surface area contributed by atoms with Crippen molar-refractivity contribution < 1.29 is 61.8 Å². The topological polar surface area (TPSA) is 235 Å². The van der Waals surface area contributed by atoms with Gasteiger partial charge in [0.15, 0.2) is 5.65 Å². The van der Waals surface area contributed by atoms with Crippen LogP contribution >= 0.6 is 19.4 Å². The van der Waals surface area contributed by atoms with E-state index in [2.05, 4.69) is 15.0 Å². The van der Waals surface area contributed by atoms with Gasteiger partial charge >= 0.3 is 25.6 Å². The molecule has 0 spiro atoms. The van der Waals surface area contributed by atoms with Gasteiger partial charge in [0.1, 0.15) is 28.5 Å². The second-order valence-corrected chi connectivity index (χ2v) is 14.3. The van der Waals surface area contributed by atoms with Gasteiger partial charge in [-0.05, 0) is 82.6 Å². The van der Waals surface area contributed by atoms with Crippen molar-refractivity contribution in [2.75, 3.05) is 26.4 Å². The Balaban J connectivity index is 1.30. The van der Waals surface area contributed by atoms with Crippen LogP contribution in [0.2, 0.25) is 0 Å². The Kier molecular flexibility index (Phi) is 12.8. The number of fused-ring (bicyclic) bond motifs is 1. The molecule has 2 saturated carbocycles. The SMILES string of the molecule is COc1ccc(Sc2nc(N)nc3c2ncn3CC(C)OC(OCOC(=O)OC2CCCC2)(OCOC(=O)OC2CCCC2)P(=O)(O)O)cc1. The van der Waals surface area contributed by atoms with Crippen molar-refractivity contribution in [2.45, 2.75) is 98.8 Å². The van der Waals surface area contributed by atoms with E-state index in [9.17, 15) is 23.9 Å². The minimum Gasteiger partial charge on any atom is -0.497 e. The molecule has 1 unspecified atom stereocenters. The summed E-state index contributed by atoms with van der Waals surface area (Å²) in [5, 5.41) is 0.462. The first-order valence-corrected chi connectivity index (χ1v) is 18.4. The van der Waals surface area contributed by atoms with Crippen LogP contribution < -0.4 is 10.5 Å². The molecule has 1 atom stereocenters. The van der Waals surface area contributed by atoms with E-state index < -0.39 is 45.3 Å². The average Bonchev–Trinajstić information content (AvgIpc) is 3.85. The predicted octanol–water partition coefficient (Wildman–Crippen LogP) is 4.90. The molecule has 2 aliphatic rings. The highest BCUT2D eigenvalue weighted by atomic mass is 32.2. The van der Waals surface area contributed by atoms with E-state index in [1.54, 1.807) is 19.2 Å². The number of anilines is 1. The molecule has 5 rings (SSSR count). The molecule has 2 aromatic heterocycles. The number of methoxy groups -OCH3 is 1. The maximum Gasteiger partial charge on any atom is 0.510 e. The van der Waals surface area contributed by atoms with E-state index in [0.717, 1.165) is 30.6 Å². The molecule has 274 valence electrons. The largest absolute Gasteiger partial charge is 0.510 e. The zero-order chi connectivity index (χ0) is 35.7. The molecule has 1 aromatic carbocycles. The molecule has 20 heteroatoms. The first-order valence-electron chi connectivity index (χ1n) is 15.9. The number of nitrogen functional groups attached to an aromatic ring is 1. The van der Waals surface area contributed by atoms with E-state index in [1.165, 1.54) is 29.6 Å². The summed E-state index contributed by atoms with van der Waals surface area (Å²) in [6, 6.07) is 7.29. The van der Waals surface area contributed by atoms with Crippen molar-refractivity contribution in [3.63, 3.8) is 0 Å². The van der Waals surface area contributed by atoms with E-state index in [-0.39, 0.29) is 24.7 Å². The lowest BCUT2D eigenvalue weighted by Crippen LogP contribution is -2.44. The number of imidazole rings is 1. The van der Waals surface area contributed by atoms with Gasteiger partial charge in [0.05, 0.1) is 26.1 Å². The summed E-state index contributed by atoms with van der Waals surface area (Å²) in [5.41, 5.74) is 3.54. The quantitative estimate of drug-likeness (QED) is 0.0766. The Labute approximate surface area is 291 Å². The number of nitrogens with two attached hydrogens (primary N) is 1. The van der Waals surface area contributed by atoms with Gasteiger partial charge in [0.25, 0.3) is 0 Å². The van der Waals surface area contributed by atoms with E-state index in [0.29, 0.717) is 47.6 Å². The average molecular weight is 742 g/mol. The Morgan fingerprint density at radius 2 is 1.54 bits per heavy atom.